The molecule has 4 N–H and O–H groups in total. The minimum atomic E-state index is -3.78. The highest BCUT2D eigenvalue weighted by atomic mass is 33.1. The van der Waals surface area contributed by atoms with Crippen molar-refractivity contribution in [3.8, 4) is 23.5 Å². The maximum absolute atomic E-state index is 11.9. The normalized spacial score (nSPS) is 11.3. The van der Waals surface area contributed by atoms with Crippen LogP contribution in [0.5, 0.6) is 23.5 Å². The number of hydrogen-bond acceptors (Lipinski definition) is 11. The zero-order valence-corrected chi connectivity index (χ0v) is 15.7. The van der Waals surface area contributed by atoms with E-state index in [1.165, 1.54) is 0 Å². The van der Waals surface area contributed by atoms with Gasteiger partial charge in [-0.05, 0) is 10.8 Å². The maximum Gasteiger partial charge on any atom is 0.334 e. The van der Waals surface area contributed by atoms with Gasteiger partial charge in [0.1, 0.15) is 0 Å². The van der Waals surface area contributed by atoms with E-state index in [-0.39, 0.29) is 12.2 Å². The molecule has 0 fully saturated rings. The van der Waals surface area contributed by atoms with Crippen LogP contribution in [0.3, 0.4) is 0 Å². The number of carbonyl (C=O) groups is 2. The molecule has 0 atom stereocenters. The second-order valence-electron chi connectivity index (χ2n) is 5.20. The van der Waals surface area contributed by atoms with Crippen LogP contribution in [-0.2, 0) is 18.5 Å². The molecule has 0 bridgehead atoms. The summed E-state index contributed by atoms with van der Waals surface area (Å²) in [5.74, 6) is -4.81. The van der Waals surface area contributed by atoms with Crippen LogP contribution in [0.15, 0.2) is 24.3 Å². The molecule has 2 aromatic heterocycles. The van der Waals surface area contributed by atoms with E-state index in [2.05, 4.69) is 9.68 Å². The molecule has 0 amide bonds. The van der Waals surface area contributed by atoms with Gasteiger partial charge >= 0.3 is 11.9 Å². The van der Waals surface area contributed by atoms with E-state index in [4.69, 9.17) is 0 Å². The Kier molecular flexibility index (Phi) is 6.69. The Balaban J connectivity index is 1.74. The molecular formula is C14H16N2O10S2. The largest absolute Gasteiger partial charge is 0.492 e. The standard InChI is InChI=1S/C14H16N2O10S2/c17-9-1-2-10(18)15(9)25-13(21)5-7-27-28(23,24)8-6-14(22)26-16-11(19)3-4-12(16)20/h1-4,17-20H,5-8H2. The van der Waals surface area contributed by atoms with Gasteiger partial charge in [0.2, 0.25) is 32.4 Å². The lowest BCUT2D eigenvalue weighted by Gasteiger charge is -2.08. The fourth-order valence-corrected chi connectivity index (χ4v) is 4.46. The first-order chi connectivity index (χ1) is 13.1. The summed E-state index contributed by atoms with van der Waals surface area (Å²) in [4.78, 5) is 32.5. The average Bonchev–Trinajstić information content (AvgIpc) is 3.10. The molecule has 0 spiro atoms. The van der Waals surface area contributed by atoms with Crippen LogP contribution in [0.1, 0.15) is 12.8 Å². The van der Waals surface area contributed by atoms with Gasteiger partial charge in [-0.1, -0.05) is 0 Å². The number of aromatic nitrogens is 2. The van der Waals surface area contributed by atoms with Gasteiger partial charge in [0.15, 0.2) is 0 Å². The zero-order chi connectivity index (χ0) is 20.9. The number of nitrogens with zero attached hydrogens (tertiary/aromatic N) is 2. The van der Waals surface area contributed by atoms with Crippen LogP contribution in [0.25, 0.3) is 0 Å². The lowest BCUT2D eigenvalue weighted by molar-refractivity contribution is -0.145. The molecule has 0 saturated heterocycles. The second-order valence-corrected chi connectivity index (χ2v) is 9.60. The monoisotopic (exact) mass is 436 g/mol. The SMILES string of the molecule is O=C(CCSS(=O)(=O)CCC(=O)On1c(O)ccc1O)On1c(O)ccc1O. The Bertz CT molecular complexity index is 924. The third-order valence-electron chi connectivity index (χ3n) is 3.11. The molecule has 154 valence electrons. The van der Waals surface area contributed by atoms with Gasteiger partial charge in [-0.2, -0.15) is 0 Å². The highest BCUT2D eigenvalue weighted by molar-refractivity contribution is 8.72. The molecule has 2 aromatic rings. The molecule has 12 nitrogen and oxygen atoms in total. The van der Waals surface area contributed by atoms with Crippen LogP contribution in [0.2, 0.25) is 0 Å². The third kappa shape index (κ3) is 5.75. The summed E-state index contributed by atoms with van der Waals surface area (Å²) >= 11 is 0. The van der Waals surface area contributed by atoms with Crippen molar-refractivity contribution in [2.24, 2.45) is 0 Å². The summed E-state index contributed by atoms with van der Waals surface area (Å²) in [7, 11) is -3.37. The van der Waals surface area contributed by atoms with E-state index in [9.17, 15) is 38.4 Å². The minimum Gasteiger partial charge on any atom is -0.492 e. The van der Waals surface area contributed by atoms with Gasteiger partial charge in [0.25, 0.3) is 0 Å². The molecule has 2 rings (SSSR count). The highest BCUT2D eigenvalue weighted by Crippen LogP contribution is 2.21. The van der Waals surface area contributed by atoms with Crippen molar-refractivity contribution in [2.75, 3.05) is 11.5 Å². The van der Waals surface area contributed by atoms with Gasteiger partial charge in [-0.15, -0.1) is 9.46 Å². The van der Waals surface area contributed by atoms with Crippen LogP contribution in [0.4, 0.5) is 0 Å². The van der Waals surface area contributed by atoms with Crippen LogP contribution < -0.4 is 9.68 Å². The predicted molar refractivity (Wildman–Crippen MR) is 94.2 cm³/mol. The van der Waals surface area contributed by atoms with Crippen LogP contribution >= 0.6 is 10.8 Å². The number of carbonyl (C=O) groups excluding carboxylic acids is 2. The fourth-order valence-electron chi connectivity index (χ4n) is 1.80. The molecule has 2 heterocycles. The summed E-state index contributed by atoms with van der Waals surface area (Å²) in [6, 6.07) is 4.32. The summed E-state index contributed by atoms with van der Waals surface area (Å²) in [5.41, 5.74) is 0. The van der Waals surface area contributed by atoms with Crippen molar-refractivity contribution >= 4 is 31.6 Å². The summed E-state index contributed by atoms with van der Waals surface area (Å²) in [5, 5.41) is 37.3. The Morgan fingerprint density at radius 1 is 0.821 bits per heavy atom. The predicted octanol–water partition coefficient (Wildman–Crippen LogP) is -0.434. The van der Waals surface area contributed by atoms with Crippen molar-refractivity contribution < 1.29 is 48.1 Å². The fraction of sp³-hybridized carbons (Fsp3) is 0.286. The first kappa shape index (κ1) is 21.3. The van der Waals surface area contributed by atoms with Crippen molar-refractivity contribution in [3.05, 3.63) is 24.3 Å². The average molecular weight is 436 g/mol. The molecule has 0 radical (unpaired) electrons. The van der Waals surface area contributed by atoms with E-state index in [0.717, 1.165) is 24.3 Å². The Labute approximate surface area is 161 Å². The molecule has 0 aliphatic carbocycles. The highest BCUT2D eigenvalue weighted by Gasteiger charge is 2.19. The molecule has 0 aliphatic rings. The minimum absolute atomic E-state index is 0.196. The Morgan fingerprint density at radius 3 is 1.64 bits per heavy atom. The van der Waals surface area contributed by atoms with Crippen molar-refractivity contribution in [2.45, 2.75) is 12.8 Å². The second kappa shape index (κ2) is 8.79. The third-order valence-corrected chi connectivity index (χ3v) is 6.62. The molecule has 0 saturated carbocycles. The molecule has 0 aromatic carbocycles. The van der Waals surface area contributed by atoms with E-state index in [0.29, 0.717) is 20.3 Å². The Hall–Kier alpha value is -3.00. The summed E-state index contributed by atoms with van der Waals surface area (Å²) in [6.07, 6.45) is -0.904. The van der Waals surface area contributed by atoms with E-state index >= 15 is 0 Å². The van der Waals surface area contributed by atoms with Crippen LogP contribution in [0, 0.1) is 0 Å². The van der Waals surface area contributed by atoms with Crippen molar-refractivity contribution in [1.82, 2.24) is 9.46 Å². The first-order valence-corrected chi connectivity index (χ1v) is 10.7. The first-order valence-electron chi connectivity index (χ1n) is 7.58. The van der Waals surface area contributed by atoms with Crippen molar-refractivity contribution in [3.63, 3.8) is 0 Å². The van der Waals surface area contributed by atoms with Crippen molar-refractivity contribution in [1.29, 1.82) is 0 Å². The number of rotatable bonds is 9. The molecule has 0 aliphatic heterocycles. The summed E-state index contributed by atoms with van der Waals surface area (Å²) in [6.45, 7) is 0. The maximum atomic E-state index is 11.9. The van der Waals surface area contributed by atoms with Gasteiger partial charge in [-0.3, -0.25) is 0 Å². The van der Waals surface area contributed by atoms with E-state index < -0.39 is 56.5 Å². The molecule has 28 heavy (non-hydrogen) atoms. The lowest BCUT2D eigenvalue weighted by atomic mass is 10.5. The van der Waals surface area contributed by atoms with E-state index in [1.54, 1.807) is 0 Å². The number of aromatic hydroxyl groups is 4. The Morgan fingerprint density at radius 2 is 1.21 bits per heavy atom. The molecular weight excluding hydrogens is 420 g/mol. The zero-order valence-electron chi connectivity index (χ0n) is 14.1. The van der Waals surface area contributed by atoms with E-state index in [1.807, 2.05) is 0 Å². The van der Waals surface area contributed by atoms with Gasteiger partial charge in [0, 0.05) is 30.0 Å². The topological polar surface area (TPSA) is 178 Å². The molecule has 0 unspecified atom stereocenters. The van der Waals surface area contributed by atoms with Gasteiger partial charge in [-0.25, -0.2) is 18.0 Å². The quantitative estimate of drug-likeness (QED) is 0.375. The van der Waals surface area contributed by atoms with Gasteiger partial charge in [0.05, 0.1) is 18.6 Å². The van der Waals surface area contributed by atoms with Gasteiger partial charge < -0.3 is 30.1 Å². The lowest BCUT2D eigenvalue weighted by Crippen LogP contribution is -2.22. The van der Waals surface area contributed by atoms with Crippen LogP contribution in [-0.4, -0.2) is 61.7 Å². The summed E-state index contributed by atoms with van der Waals surface area (Å²) < 4.78 is 24.7. The number of hydrogen-bond donors (Lipinski definition) is 4. The smallest absolute Gasteiger partial charge is 0.334 e. The molecule has 14 heteroatoms.